The van der Waals surface area contributed by atoms with E-state index >= 15 is 0 Å². The highest BCUT2D eigenvalue weighted by molar-refractivity contribution is 7.92. The number of nitrogens with two attached hydrogens (primary N) is 1. The van der Waals surface area contributed by atoms with E-state index in [0.29, 0.717) is 6.54 Å². The van der Waals surface area contributed by atoms with Gasteiger partial charge >= 0.3 is 0 Å². The Morgan fingerprint density at radius 3 is 2.29 bits per heavy atom. The lowest BCUT2D eigenvalue weighted by Crippen LogP contribution is -2.65. The predicted octanol–water partition coefficient (Wildman–Crippen LogP) is -0.157. The lowest BCUT2D eigenvalue weighted by molar-refractivity contribution is 0.0912. The van der Waals surface area contributed by atoms with Crippen molar-refractivity contribution >= 4 is 9.84 Å². The predicted molar refractivity (Wildman–Crippen MR) is 58.0 cm³/mol. The first-order valence-corrected chi connectivity index (χ1v) is 6.67. The van der Waals surface area contributed by atoms with Crippen molar-refractivity contribution in [1.29, 1.82) is 0 Å². The van der Waals surface area contributed by atoms with Gasteiger partial charge < -0.3 is 5.73 Å². The Morgan fingerprint density at radius 1 is 1.43 bits per heavy atom. The molecule has 1 rings (SSSR count). The van der Waals surface area contributed by atoms with Crippen LogP contribution in [-0.2, 0) is 9.84 Å². The lowest BCUT2D eigenvalue weighted by atomic mass is 9.94. The summed E-state index contributed by atoms with van der Waals surface area (Å²) in [6.07, 6.45) is 0. The molecule has 0 atom stereocenters. The van der Waals surface area contributed by atoms with E-state index in [2.05, 4.69) is 4.90 Å². The van der Waals surface area contributed by atoms with Crippen molar-refractivity contribution in [3.8, 4) is 0 Å². The molecule has 1 fully saturated rings. The molecule has 0 aromatic rings. The van der Waals surface area contributed by atoms with Crippen LogP contribution in [0.25, 0.3) is 0 Å². The van der Waals surface area contributed by atoms with Crippen LogP contribution in [0.1, 0.15) is 20.8 Å². The summed E-state index contributed by atoms with van der Waals surface area (Å²) in [5.74, 6) is 0.251. The zero-order valence-electron chi connectivity index (χ0n) is 9.16. The molecule has 0 aliphatic carbocycles. The maximum Gasteiger partial charge on any atom is 0.153 e. The first-order valence-electron chi connectivity index (χ1n) is 4.96. The molecule has 0 unspecified atom stereocenters. The molecule has 1 saturated heterocycles. The van der Waals surface area contributed by atoms with Gasteiger partial charge in [0.05, 0.1) is 11.0 Å². The second-order valence-corrected chi connectivity index (χ2v) is 7.46. The monoisotopic (exact) mass is 220 g/mol. The summed E-state index contributed by atoms with van der Waals surface area (Å²) < 4.78 is 23.0. The van der Waals surface area contributed by atoms with Gasteiger partial charge in [-0.05, 0) is 20.8 Å². The van der Waals surface area contributed by atoms with Crippen LogP contribution in [0.15, 0.2) is 0 Å². The fourth-order valence-corrected chi connectivity index (χ4v) is 2.61. The van der Waals surface area contributed by atoms with Gasteiger partial charge in [-0.15, -0.1) is 0 Å². The van der Waals surface area contributed by atoms with Gasteiger partial charge in [0.25, 0.3) is 0 Å². The molecule has 0 aromatic carbocycles. The molecule has 14 heavy (non-hydrogen) atoms. The Morgan fingerprint density at radius 2 is 1.93 bits per heavy atom. The molecule has 0 bridgehead atoms. The van der Waals surface area contributed by atoms with Crippen molar-refractivity contribution in [2.45, 2.75) is 31.6 Å². The van der Waals surface area contributed by atoms with Crippen LogP contribution >= 0.6 is 0 Å². The van der Waals surface area contributed by atoms with Crippen LogP contribution in [0.3, 0.4) is 0 Å². The maximum absolute atomic E-state index is 11.5. The third-order valence-corrected chi connectivity index (χ3v) is 4.77. The van der Waals surface area contributed by atoms with Crippen molar-refractivity contribution < 1.29 is 8.42 Å². The van der Waals surface area contributed by atoms with E-state index < -0.39 is 9.84 Å². The maximum atomic E-state index is 11.5. The number of sulfone groups is 1. The van der Waals surface area contributed by atoms with E-state index in [0.717, 1.165) is 13.1 Å². The molecule has 1 heterocycles. The van der Waals surface area contributed by atoms with Crippen molar-refractivity contribution in [1.82, 2.24) is 4.90 Å². The van der Waals surface area contributed by atoms with Gasteiger partial charge in [0, 0.05) is 25.2 Å². The summed E-state index contributed by atoms with van der Waals surface area (Å²) in [5, 5.41) is -0.270. The van der Waals surface area contributed by atoms with Crippen LogP contribution in [0.2, 0.25) is 0 Å². The van der Waals surface area contributed by atoms with Gasteiger partial charge in [-0.1, -0.05) is 0 Å². The second kappa shape index (κ2) is 3.79. The standard InChI is InChI=1S/C9H20N2O2S/c1-8(2)14(12,13)5-4-11-6-9(3,10)7-11/h8H,4-7,10H2,1-3H3. The third kappa shape index (κ3) is 2.93. The Bertz CT molecular complexity index is 288. The number of likely N-dealkylation sites (tertiary alicyclic amines) is 1. The minimum absolute atomic E-state index is 0.110. The second-order valence-electron chi connectivity index (χ2n) is 4.78. The molecule has 1 aliphatic rings. The first-order chi connectivity index (χ1) is 6.23. The summed E-state index contributed by atoms with van der Waals surface area (Å²) in [6, 6.07) is 0. The van der Waals surface area contributed by atoms with Gasteiger partial charge in [0.15, 0.2) is 9.84 Å². The van der Waals surface area contributed by atoms with Gasteiger partial charge in [0.2, 0.25) is 0 Å². The van der Waals surface area contributed by atoms with Crippen molar-refractivity contribution in [2.75, 3.05) is 25.4 Å². The van der Waals surface area contributed by atoms with Crippen LogP contribution in [0.4, 0.5) is 0 Å². The molecule has 0 radical (unpaired) electrons. The minimum atomic E-state index is -2.89. The lowest BCUT2D eigenvalue weighted by Gasteiger charge is -2.45. The number of hydrogen-bond acceptors (Lipinski definition) is 4. The zero-order valence-corrected chi connectivity index (χ0v) is 9.97. The highest BCUT2D eigenvalue weighted by atomic mass is 32.2. The Kier molecular flexibility index (Phi) is 3.23. The van der Waals surface area contributed by atoms with Gasteiger partial charge in [-0.3, -0.25) is 4.90 Å². The van der Waals surface area contributed by atoms with E-state index in [4.69, 9.17) is 5.73 Å². The fourth-order valence-electron chi connectivity index (χ4n) is 1.63. The summed E-state index contributed by atoms with van der Waals surface area (Å²) in [7, 11) is -2.89. The Labute approximate surface area is 86.4 Å². The van der Waals surface area contributed by atoms with E-state index in [9.17, 15) is 8.42 Å². The van der Waals surface area contributed by atoms with E-state index in [-0.39, 0.29) is 16.5 Å². The summed E-state index contributed by atoms with van der Waals surface area (Å²) in [5.41, 5.74) is 5.71. The average molecular weight is 220 g/mol. The van der Waals surface area contributed by atoms with Gasteiger partial charge in [0.1, 0.15) is 0 Å². The molecule has 0 amide bonds. The van der Waals surface area contributed by atoms with E-state index in [1.54, 1.807) is 13.8 Å². The van der Waals surface area contributed by atoms with E-state index in [1.165, 1.54) is 0 Å². The molecule has 5 heteroatoms. The molecular formula is C9H20N2O2S. The Hall–Kier alpha value is -0.130. The van der Waals surface area contributed by atoms with Crippen molar-refractivity contribution in [2.24, 2.45) is 5.73 Å². The normalized spacial score (nSPS) is 22.4. The molecule has 0 aromatic heterocycles. The van der Waals surface area contributed by atoms with Gasteiger partial charge in [-0.2, -0.15) is 0 Å². The highest BCUT2D eigenvalue weighted by Crippen LogP contribution is 2.16. The fraction of sp³-hybridized carbons (Fsp3) is 1.00. The minimum Gasteiger partial charge on any atom is -0.323 e. The Balaban J connectivity index is 2.30. The number of hydrogen-bond donors (Lipinski definition) is 1. The topological polar surface area (TPSA) is 63.4 Å². The quantitative estimate of drug-likeness (QED) is 0.715. The summed E-state index contributed by atoms with van der Waals surface area (Å²) in [4.78, 5) is 2.08. The van der Waals surface area contributed by atoms with Crippen molar-refractivity contribution in [3.63, 3.8) is 0 Å². The van der Waals surface area contributed by atoms with Crippen LogP contribution < -0.4 is 5.73 Å². The molecule has 4 nitrogen and oxygen atoms in total. The largest absolute Gasteiger partial charge is 0.323 e. The molecule has 2 N–H and O–H groups in total. The molecule has 1 aliphatic heterocycles. The first kappa shape index (κ1) is 11.9. The molecule has 84 valence electrons. The SMILES string of the molecule is CC(C)S(=O)(=O)CCN1CC(C)(N)C1. The molecule has 0 saturated carbocycles. The summed E-state index contributed by atoms with van der Waals surface area (Å²) >= 11 is 0. The van der Waals surface area contributed by atoms with E-state index in [1.807, 2.05) is 6.92 Å². The smallest absolute Gasteiger partial charge is 0.153 e. The third-order valence-electron chi connectivity index (χ3n) is 2.58. The molecule has 0 spiro atoms. The number of nitrogens with zero attached hydrogens (tertiary/aromatic N) is 1. The highest BCUT2D eigenvalue weighted by Gasteiger charge is 2.35. The zero-order chi connectivity index (χ0) is 11.0. The number of rotatable bonds is 4. The molecular weight excluding hydrogens is 200 g/mol. The van der Waals surface area contributed by atoms with Gasteiger partial charge in [-0.25, -0.2) is 8.42 Å². The van der Waals surface area contributed by atoms with Crippen LogP contribution in [-0.4, -0.2) is 49.5 Å². The van der Waals surface area contributed by atoms with Crippen LogP contribution in [0, 0.1) is 0 Å². The van der Waals surface area contributed by atoms with Crippen molar-refractivity contribution in [3.05, 3.63) is 0 Å². The average Bonchev–Trinajstić information content (AvgIpc) is 1.96. The summed E-state index contributed by atoms with van der Waals surface area (Å²) in [6.45, 7) is 7.66. The van der Waals surface area contributed by atoms with Crippen LogP contribution in [0.5, 0.6) is 0 Å².